The molecule has 0 heterocycles. The van der Waals surface area contributed by atoms with E-state index in [0.717, 1.165) is 6.07 Å². The van der Waals surface area contributed by atoms with Crippen molar-refractivity contribution in [3.63, 3.8) is 0 Å². The monoisotopic (exact) mass is 238 g/mol. The van der Waals surface area contributed by atoms with Crippen LogP contribution < -0.4 is 5.46 Å². The SMILES string of the molecule is N#Cc1cc([B-](F)(F)F)ccc1C(F)(F)F. The molecule has 0 amide bonds. The summed E-state index contributed by atoms with van der Waals surface area (Å²) in [6, 6.07) is 1.91. The average molecular weight is 238 g/mol. The second kappa shape index (κ2) is 3.74. The lowest BCUT2D eigenvalue weighted by molar-refractivity contribution is -0.137. The third kappa shape index (κ3) is 2.48. The van der Waals surface area contributed by atoms with Crippen molar-refractivity contribution in [1.82, 2.24) is 0 Å². The molecule has 0 fully saturated rings. The van der Waals surface area contributed by atoms with Gasteiger partial charge in [0, 0.05) is 0 Å². The Morgan fingerprint density at radius 2 is 1.69 bits per heavy atom. The van der Waals surface area contributed by atoms with E-state index in [1.165, 1.54) is 0 Å². The molecular weight excluding hydrogens is 235 g/mol. The molecule has 0 aliphatic heterocycles. The zero-order valence-electron chi connectivity index (χ0n) is 7.52. The van der Waals surface area contributed by atoms with Crippen molar-refractivity contribution >= 4 is 12.4 Å². The van der Waals surface area contributed by atoms with Crippen molar-refractivity contribution in [2.24, 2.45) is 0 Å². The maximum atomic E-state index is 12.2. The molecule has 0 N–H and O–H groups in total. The number of hydrogen-bond acceptors (Lipinski definition) is 1. The molecule has 0 aliphatic rings. The van der Waals surface area contributed by atoms with Gasteiger partial charge in [0.1, 0.15) is 0 Å². The van der Waals surface area contributed by atoms with Crippen molar-refractivity contribution in [2.45, 2.75) is 6.18 Å². The molecule has 1 aromatic rings. The van der Waals surface area contributed by atoms with Crippen LogP contribution in [0.2, 0.25) is 0 Å². The first-order chi connectivity index (χ1) is 7.16. The Morgan fingerprint density at radius 1 is 1.12 bits per heavy atom. The highest BCUT2D eigenvalue weighted by atomic mass is 19.4. The number of nitriles is 1. The van der Waals surface area contributed by atoms with Gasteiger partial charge in [-0.15, -0.1) is 5.46 Å². The fourth-order valence-electron chi connectivity index (χ4n) is 1.11. The highest BCUT2D eigenvalue weighted by molar-refractivity contribution is 6.73. The van der Waals surface area contributed by atoms with E-state index >= 15 is 0 Å². The molecule has 8 heteroatoms. The molecule has 1 aromatic carbocycles. The van der Waals surface area contributed by atoms with Gasteiger partial charge in [-0.1, -0.05) is 18.2 Å². The first-order valence-corrected chi connectivity index (χ1v) is 3.97. The van der Waals surface area contributed by atoms with E-state index in [9.17, 15) is 26.1 Å². The van der Waals surface area contributed by atoms with Gasteiger partial charge < -0.3 is 12.9 Å². The largest absolute Gasteiger partial charge is 0.509 e. The van der Waals surface area contributed by atoms with Gasteiger partial charge in [-0.25, -0.2) is 0 Å². The predicted molar refractivity (Wildman–Crippen MR) is 44.9 cm³/mol. The molecule has 86 valence electrons. The molecule has 0 radical (unpaired) electrons. The fraction of sp³-hybridized carbons (Fsp3) is 0.125. The first kappa shape index (κ1) is 12.4. The molecule has 16 heavy (non-hydrogen) atoms. The van der Waals surface area contributed by atoms with Crippen LogP contribution >= 0.6 is 0 Å². The molecule has 0 aromatic heterocycles. The lowest BCUT2D eigenvalue weighted by atomic mass is 9.79. The Balaban J connectivity index is 3.36. The van der Waals surface area contributed by atoms with E-state index in [0.29, 0.717) is 6.07 Å². The molecule has 0 atom stereocenters. The first-order valence-electron chi connectivity index (χ1n) is 3.97. The minimum atomic E-state index is -5.40. The quantitative estimate of drug-likeness (QED) is 0.544. The van der Waals surface area contributed by atoms with Gasteiger partial charge in [-0.3, -0.25) is 0 Å². The van der Waals surface area contributed by atoms with Crippen molar-refractivity contribution < 1.29 is 26.1 Å². The summed E-state index contributed by atoms with van der Waals surface area (Å²) in [4.78, 5) is 0. The molecule has 0 spiro atoms. The van der Waals surface area contributed by atoms with E-state index in [-0.39, 0.29) is 12.1 Å². The van der Waals surface area contributed by atoms with E-state index in [4.69, 9.17) is 5.26 Å². The minimum Gasteiger partial charge on any atom is -0.445 e. The van der Waals surface area contributed by atoms with Gasteiger partial charge in [-0.05, 0) is 0 Å². The highest BCUT2D eigenvalue weighted by Crippen LogP contribution is 2.31. The van der Waals surface area contributed by atoms with Crippen LogP contribution in [0.15, 0.2) is 18.2 Å². The van der Waals surface area contributed by atoms with Crippen molar-refractivity contribution in [3.05, 3.63) is 29.3 Å². The van der Waals surface area contributed by atoms with Gasteiger partial charge in [0.15, 0.2) is 0 Å². The Hall–Kier alpha value is -1.65. The van der Waals surface area contributed by atoms with Crippen LogP contribution in [0.3, 0.4) is 0 Å². The number of hydrogen-bond donors (Lipinski definition) is 0. The van der Waals surface area contributed by atoms with Gasteiger partial charge in [0.25, 0.3) is 0 Å². The standard InChI is InChI=1S/C8H3BF6N/c10-8(11,12)7-2-1-6(9(13,14)15)3-5(7)4-16/h1-3H/q-1. The normalized spacial score (nSPS) is 12.3. The number of alkyl halides is 3. The van der Waals surface area contributed by atoms with Crippen molar-refractivity contribution in [2.75, 3.05) is 0 Å². The van der Waals surface area contributed by atoms with Crippen molar-refractivity contribution in [3.8, 4) is 6.07 Å². The van der Waals surface area contributed by atoms with Crippen LogP contribution in [0.4, 0.5) is 26.1 Å². The van der Waals surface area contributed by atoms with Crippen LogP contribution in [-0.4, -0.2) is 6.98 Å². The number of benzene rings is 1. The Morgan fingerprint density at radius 3 is 2.06 bits per heavy atom. The highest BCUT2D eigenvalue weighted by Gasteiger charge is 2.35. The maximum absolute atomic E-state index is 12.2. The lowest BCUT2D eigenvalue weighted by Gasteiger charge is -2.17. The molecule has 1 nitrogen and oxygen atoms in total. The molecule has 1 rings (SSSR count). The number of rotatable bonds is 1. The average Bonchev–Trinajstić information content (AvgIpc) is 2.14. The van der Waals surface area contributed by atoms with Crippen LogP contribution in [0.5, 0.6) is 0 Å². The lowest BCUT2D eigenvalue weighted by Crippen LogP contribution is -2.34. The van der Waals surface area contributed by atoms with Crippen molar-refractivity contribution in [1.29, 1.82) is 5.26 Å². The zero-order valence-corrected chi connectivity index (χ0v) is 7.52. The summed E-state index contributed by atoms with van der Waals surface area (Å²) in [6.07, 6.45) is -4.83. The summed E-state index contributed by atoms with van der Waals surface area (Å²) in [5.74, 6) is 0. The fourth-order valence-corrected chi connectivity index (χ4v) is 1.11. The second-order valence-corrected chi connectivity index (χ2v) is 2.99. The summed E-state index contributed by atoms with van der Waals surface area (Å²) in [5.41, 5.74) is -3.60. The topological polar surface area (TPSA) is 23.8 Å². The smallest absolute Gasteiger partial charge is 0.445 e. The van der Waals surface area contributed by atoms with Crippen LogP contribution in [0.25, 0.3) is 0 Å². The van der Waals surface area contributed by atoms with Gasteiger partial charge >= 0.3 is 13.2 Å². The summed E-state index contributed by atoms with van der Waals surface area (Å²) in [7, 11) is 0. The Bertz CT molecular complexity index is 441. The van der Waals surface area contributed by atoms with Gasteiger partial charge in [0.2, 0.25) is 0 Å². The molecular formula is C8H3BF6N-. The third-order valence-corrected chi connectivity index (χ3v) is 1.85. The van der Waals surface area contributed by atoms with Gasteiger partial charge in [0.05, 0.1) is 17.2 Å². The number of nitrogens with zero attached hydrogens (tertiary/aromatic N) is 1. The van der Waals surface area contributed by atoms with E-state index in [2.05, 4.69) is 0 Å². The second-order valence-electron chi connectivity index (χ2n) is 2.99. The van der Waals surface area contributed by atoms with Gasteiger partial charge in [-0.2, -0.15) is 18.4 Å². The molecule has 0 saturated heterocycles. The summed E-state index contributed by atoms with van der Waals surface area (Å²) in [5, 5.41) is 8.36. The Labute approximate surface area is 86.4 Å². The third-order valence-electron chi connectivity index (χ3n) is 1.85. The summed E-state index contributed by atoms with van der Waals surface area (Å²) in [6.45, 7) is -5.40. The minimum absolute atomic E-state index is 0.211. The number of halogens is 6. The maximum Gasteiger partial charge on any atom is 0.509 e. The van der Waals surface area contributed by atoms with E-state index in [1.54, 1.807) is 0 Å². The van der Waals surface area contributed by atoms with E-state index in [1.807, 2.05) is 0 Å². The van der Waals surface area contributed by atoms with Crippen LogP contribution in [-0.2, 0) is 6.18 Å². The molecule has 0 bridgehead atoms. The summed E-state index contributed by atoms with van der Waals surface area (Å²) >= 11 is 0. The molecule has 0 unspecified atom stereocenters. The van der Waals surface area contributed by atoms with Crippen LogP contribution in [0, 0.1) is 11.3 Å². The Kier molecular flexibility index (Phi) is 2.90. The molecule has 0 saturated carbocycles. The predicted octanol–water partition coefficient (Wildman–Crippen LogP) is 2.63. The summed E-state index contributed by atoms with van der Waals surface area (Å²) < 4.78 is 73.3. The van der Waals surface area contributed by atoms with Crippen LogP contribution in [0.1, 0.15) is 11.1 Å². The van der Waals surface area contributed by atoms with E-state index < -0.39 is 29.7 Å². The molecule has 0 aliphatic carbocycles. The zero-order chi connectivity index (χ0) is 12.6.